The van der Waals surface area contributed by atoms with Gasteiger partial charge in [0, 0.05) is 17.8 Å². The highest BCUT2D eigenvalue weighted by molar-refractivity contribution is 5.13. The molecule has 1 unspecified atom stereocenters. The van der Waals surface area contributed by atoms with Gasteiger partial charge in [0.05, 0.1) is 6.33 Å². The highest BCUT2D eigenvalue weighted by Gasteiger charge is 2.54. The van der Waals surface area contributed by atoms with E-state index in [-0.39, 0.29) is 21.7 Å². The van der Waals surface area contributed by atoms with Gasteiger partial charge in [-0.2, -0.15) is 0 Å². The van der Waals surface area contributed by atoms with Gasteiger partial charge in [0.2, 0.25) is 0 Å². The highest BCUT2D eigenvalue weighted by atomic mass is 14.9. The Kier molecular flexibility index (Phi) is 4.22. The van der Waals surface area contributed by atoms with Crippen LogP contribution in [0, 0.1) is 21.7 Å². The highest BCUT2D eigenvalue weighted by Crippen LogP contribution is 2.62. The predicted octanol–water partition coefficient (Wildman–Crippen LogP) is 5.64. The average Bonchev–Trinajstić information content (AvgIpc) is 2.79. The van der Waals surface area contributed by atoms with Crippen molar-refractivity contribution in [1.29, 1.82) is 0 Å². The summed E-state index contributed by atoms with van der Waals surface area (Å²) in [7, 11) is 0. The van der Waals surface area contributed by atoms with Crippen molar-refractivity contribution >= 4 is 0 Å². The molecule has 20 heavy (non-hydrogen) atoms. The van der Waals surface area contributed by atoms with Crippen LogP contribution in [0.3, 0.4) is 0 Å². The fraction of sp³-hybridized carbons (Fsp3) is 0.833. The van der Waals surface area contributed by atoms with Gasteiger partial charge in [-0.25, -0.2) is 4.98 Å². The van der Waals surface area contributed by atoms with Crippen molar-refractivity contribution in [3.63, 3.8) is 0 Å². The lowest BCUT2D eigenvalue weighted by Gasteiger charge is -2.59. The van der Waals surface area contributed by atoms with Gasteiger partial charge in [-0.1, -0.05) is 69.2 Å². The molecule has 0 aliphatic carbocycles. The zero-order valence-electron chi connectivity index (χ0n) is 15.2. The molecule has 116 valence electrons. The topological polar surface area (TPSA) is 28.7 Å². The molecule has 2 nitrogen and oxygen atoms in total. The summed E-state index contributed by atoms with van der Waals surface area (Å²) in [5.41, 5.74) is 2.01. The number of hydrogen-bond donors (Lipinski definition) is 1. The van der Waals surface area contributed by atoms with Gasteiger partial charge in [0.1, 0.15) is 0 Å². The van der Waals surface area contributed by atoms with Crippen LogP contribution in [-0.4, -0.2) is 9.97 Å². The first-order valence-corrected chi connectivity index (χ1v) is 7.75. The standard InChI is InChI=1S/C18H34N2/c1-13(14-11-19-12-20-14)16(5,6)18(9,10)17(7,8)15(2,3)4/h11-13H,1-10H3,(H,19,20). The van der Waals surface area contributed by atoms with Crippen LogP contribution in [0.25, 0.3) is 0 Å². The summed E-state index contributed by atoms with van der Waals surface area (Å²) in [6.07, 6.45) is 3.75. The maximum Gasteiger partial charge on any atom is 0.0921 e. The number of aromatic nitrogens is 2. The summed E-state index contributed by atoms with van der Waals surface area (Å²) < 4.78 is 0. The van der Waals surface area contributed by atoms with E-state index in [0.29, 0.717) is 5.92 Å². The number of H-pyrrole nitrogens is 1. The van der Waals surface area contributed by atoms with Crippen LogP contribution in [0.1, 0.15) is 80.8 Å². The Morgan fingerprint density at radius 1 is 0.900 bits per heavy atom. The van der Waals surface area contributed by atoms with E-state index in [2.05, 4.69) is 79.2 Å². The van der Waals surface area contributed by atoms with Crippen molar-refractivity contribution in [1.82, 2.24) is 9.97 Å². The first kappa shape index (κ1) is 17.3. The first-order valence-electron chi connectivity index (χ1n) is 7.75. The van der Waals surface area contributed by atoms with Crippen molar-refractivity contribution in [2.45, 2.75) is 75.2 Å². The number of rotatable bonds is 4. The molecule has 0 aromatic carbocycles. The van der Waals surface area contributed by atoms with Crippen molar-refractivity contribution in [2.75, 3.05) is 0 Å². The van der Waals surface area contributed by atoms with Gasteiger partial charge in [0.25, 0.3) is 0 Å². The third kappa shape index (κ3) is 2.42. The molecule has 1 heterocycles. The molecule has 0 saturated carbocycles. The molecule has 0 fully saturated rings. The van der Waals surface area contributed by atoms with Gasteiger partial charge in [0.15, 0.2) is 0 Å². The Morgan fingerprint density at radius 2 is 1.40 bits per heavy atom. The van der Waals surface area contributed by atoms with Crippen LogP contribution in [0.5, 0.6) is 0 Å². The van der Waals surface area contributed by atoms with Gasteiger partial charge < -0.3 is 4.98 Å². The third-order valence-corrected chi connectivity index (χ3v) is 7.12. The zero-order valence-corrected chi connectivity index (χ0v) is 15.2. The number of aromatic amines is 1. The van der Waals surface area contributed by atoms with E-state index in [4.69, 9.17) is 0 Å². The predicted molar refractivity (Wildman–Crippen MR) is 87.8 cm³/mol. The number of imidazole rings is 1. The molecule has 0 bridgehead atoms. The lowest BCUT2D eigenvalue weighted by atomic mass is 9.45. The van der Waals surface area contributed by atoms with E-state index in [9.17, 15) is 0 Å². The minimum absolute atomic E-state index is 0.149. The first-order chi connectivity index (χ1) is 8.77. The number of nitrogens with one attached hydrogen (secondary N) is 1. The molecule has 0 amide bonds. The van der Waals surface area contributed by atoms with Crippen LogP contribution in [0.2, 0.25) is 0 Å². The molecule has 1 rings (SSSR count). The molecule has 0 aliphatic rings. The summed E-state index contributed by atoms with van der Waals surface area (Å²) in [5.74, 6) is 0.432. The fourth-order valence-electron chi connectivity index (χ4n) is 3.18. The molecule has 2 heteroatoms. The van der Waals surface area contributed by atoms with Gasteiger partial charge >= 0.3 is 0 Å². The molecule has 0 aliphatic heterocycles. The Labute approximate surface area is 125 Å². The Bertz CT molecular complexity index is 430. The van der Waals surface area contributed by atoms with E-state index in [0.717, 1.165) is 0 Å². The van der Waals surface area contributed by atoms with Gasteiger partial charge in [-0.3, -0.25) is 0 Å². The lowest BCUT2D eigenvalue weighted by Crippen LogP contribution is -2.52. The molecule has 1 aromatic heterocycles. The van der Waals surface area contributed by atoms with Crippen LogP contribution in [0.4, 0.5) is 0 Å². The fourth-order valence-corrected chi connectivity index (χ4v) is 3.18. The van der Waals surface area contributed by atoms with Gasteiger partial charge in [-0.15, -0.1) is 0 Å². The second-order valence-electron chi connectivity index (χ2n) is 8.95. The molecule has 1 N–H and O–H groups in total. The molecule has 0 radical (unpaired) electrons. The Balaban J connectivity index is 3.25. The summed E-state index contributed by atoms with van der Waals surface area (Å²) in [4.78, 5) is 7.49. The lowest BCUT2D eigenvalue weighted by molar-refractivity contribution is -0.0964. The van der Waals surface area contributed by atoms with Crippen molar-refractivity contribution in [3.8, 4) is 0 Å². The monoisotopic (exact) mass is 278 g/mol. The maximum absolute atomic E-state index is 4.19. The summed E-state index contributed by atoms with van der Waals surface area (Å²) in [6.45, 7) is 23.8. The van der Waals surface area contributed by atoms with E-state index >= 15 is 0 Å². The smallest absolute Gasteiger partial charge is 0.0921 e. The summed E-state index contributed by atoms with van der Waals surface area (Å²) in [6, 6.07) is 0. The van der Waals surface area contributed by atoms with E-state index in [1.165, 1.54) is 5.69 Å². The van der Waals surface area contributed by atoms with E-state index in [1.807, 2.05) is 6.20 Å². The van der Waals surface area contributed by atoms with E-state index < -0.39 is 0 Å². The largest absolute Gasteiger partial charge is 0.348 e. The second kappa shape index (κ2) is 4.89. The number of nitrogens with zero attached hydrogens (tertiary/aromatic N) is 1. The van der Waals surface area contributed by atoms with Crippen LogP contribution in [-0.2, 0) is 0 Å². The summed E-state index contributed by atoms with van der Waals surface area (Å²) >= 11 is 0. The Hall–Kier alpha value is -0.790. The minimum atomic E-state index is 0.149. The van der Waals surface area contributed by atoms with Crippen LogP contribution in [0.15, 0.2) is 12.5 Å². The van der Waals surface area contributed by atoms with E-state index in [1.54, 1.807) is 6.33 Å². The molecular formula is C18H34N2. The molecule has 0 spiro atoms. The minimum Gasteiger partial charge on any atom is -0.348 e. The third-order valence-electron chi connectivity index (χ3n) is 7.12. The molecule has 0 saturated heterocycles. The normalized spacial score (nSPS) is 16.3. The molecular weight excluding hydrogens is 244 g/mol. The quantitative estimate of drug-likeness (QED) is 0.758. The SMILES string of the molecule is CC(c1cnc[nH]1)C(C)(C)C(C)(C)C(C)(C)C(C)(C)C. The second-order valence-corrected chi connectivity index (χ2v) is 8.95. The van der Waals surface area contributed by atoms with Crippen LogP contribution < -0.4 is 0 Å². The van der Waals surface area contributed by atoms with Gasteiger partial charge in [-0.05, 0) is 21.7 Å². The number of hydrogen-bond acceptors (Lipinski definition) is 1. The summed E-state index contributed by atoms with van der Waals surface area (Å²) in [5, 5.41) is 0. The average molecular weight is 278 g/mol. The van der Waals surface area contributed by atoms with Crippen molar-refractivity contribution < 1.29 is 0 Å². The van der Waals surface area contributed by atoms with Crippen molar-refractivity contribution in [2.24, 2.45) is 21.7 Å². The molecule has 1 aromatic rings. The van der Waals surface area contributed by atoms with Crippen LogP contribution >= 0.6 is 0 Å². The Morgan fingerprint density at radius 3 is 1.75 bits per heavy atom. The van der Waals surface area contributed by atoms with Crippen molar-refractivity contribution in [3.05, 3.63) is 18.2 Å². The molecule has 1 atom stereocenters. The maximum atomic E-state index is 4.19. The zero-order chi connectivity index (χ0) is 16.0.